The van der Waals surface area contributed by atoms with E-state index >= 15 is 0 Å². The lowest BCUT2D eigenvalue weighted by atomic mass is 10.2. The lowest BCUT2D eigenvalue weighted by Gasteiger charge is -2.03. The van der Waals surface area contributed by atoms with Crippen molar-refractivity contribution in [2.24, 2.45) is 0 Å². The number of nitriles is 1. The number of phenols is 1. The molecule has 0 amide bonds. The average molecular weight is 272 g/mol. The lowest BCUT2D eigenvalue weighted by molar-refractivity contribution is -0.387. The molecule has 0 spiro atoms. The zero-order valence-electron chi connectivity index (χ0n) is 9.61. The van der Waals surface area contributed by atoms with Crippen LogP contribution in [0.5, 0.6) is 5.75 Å². The van der Waals surface area contributed by atoms with Gasteiger partial charge in [-0.15, -0.1) is 0 Å². The number of hydrogen-bond donors (Lipinski definition) is 1. The fourth-order valence-corrected chi connectivity index (χ4v) is 2.44. The maximum atomic E-state index is 11.0. The second-order valence-electron chi connectivity index (χ2n) is 3.65. The first kappa shape index (κ1) is 12.9. The second-order valence-corrected chi connectivity index (χ2v) is 4.77. The third-order valence-electron chi connectivity index (χ3n) is 2.33. The van der Waals surface area contributed by atoms with E-state index in [4.69, 9.17) is 5.26 Å². The van der Waals surface area contributed by atoms with Crippen LogP contribution in [0.4, 0.5) is 5.69 Å². The molecule has 0 saturated heterocycles. The molecular formula is C13H8N2O3S. The van der Waals surface area contributed by atoms with E-state index in [1.54, 1.807) is 12.1 Å². The molecule has 0 heterocycles. The van der Waals surface area contributed by atoms with Crippen LogP contribution < -0.4 is 0 Å². The summed E-state index contributed by atoms with van der Waals surface area (Å²) in [5.41, 5.74) is 0.124. The van der Waals surface area contributed by atoms with Gasteiger partial charge in [0, 0.05) is 11.0 Å². The van der Waals surface area contributed by atoms with Gasteiger partial charge in [0.25, 0.3) is 5.69 Å². The molecule has 0 aliphatic rings. The number of nitro groups is 1. The first-order valence-corrected chi connectivity index (χ1v) is 6.07. The standard InChI is InChI=1S/C13H8N2O3S/c14-8-9-4-5-13(12(6-9)15(17)18)19-11-3-1-2-10(16)7-11/h1-7,16H. The molecule has 0 radical (unpaired) electrons. The van der Waals surface area contributed by atoms with Gasteiger partial charge in [0.1, 0.15) is 5.75 Å². The molecule has 0 bridgehead atoms. The van der Waals surface area contributed by atoms with Gasteiger partial charge in [-0.3, -0.25) is 10.1 Å². The fourth-order valence-electron chi connectivity index (χ4n) is 1.49. The molecule has 19 heavy (non-hydrogen) atoms. The SMILES string of the molecule is N#Cc1ccc(Sc2cccc(O)c2)c([N+](=O)[O-])c1. The van der Waals surface area contributed by atoms with Crippen LogP contribution in [0.25, 0.3) is 0 Å². The summed E-state index contributed by atoms with van der Waals surface area (Å²) in [6.45, 7) is 0. The smallest absolute Gasteiger partial charge is 0.284 e. The summed E-state index contributed by atoms with van der Waals surface area (Å²) < 4.78 is 0. The summed E-state index contributed by atoms with van der Waals surface area (Å²) in [6.07, 6.45) is 0. The van der Waals surface area contributed by atoms with Crippen molar-refractivity contribution < 1.29 is 10.0 Å². The summed E-state index contributed by atoms with van der Waals surface area (Å²) in [5.74, 6) is 0.0984. The number of aromatic hydroxyl groups is 1. The summed E-state index contributed by atoms with van der Waals surface area (Å²) in [7, 11) is 0. The predicted octanol–water partition coefficient (Wildman–Crippen LogP) is 3.32. The van der Waals surface area contributed by atoms with E-state index in [1.165, 1.54) is 30.3 Å². The van der Waals surface area contributed by atoms with Crippen LogP contribution >= 0.6 is 11.8 Å². The largest absolute Gasteiger partial charge is 0.508 e. The molecule has 0 atom stereocenters. The molecule has 94 valence electrons. The van der Waals surface area contributed by atoms with Crippen LogP contribution in [0.15, 0.2) is 52.3 Å². The molecule has 2 aromatic rings. The second kappa shape index (κ2) is 5.42. The topological polar surface area (TPSA) is 87.2 Å². The van der Waals surface area contributed by atoms with Crippen molar-refractivity contribution in [1.82, 2.24) is 0 Å². The van der Waals surface area contributed by atoms with Crippen LogP contribution in [0.3, 0.4) is 0 Å². The zero-order valence-corrected chi connectivity index (χ0v) is 10.4. The lowest BCUT2D eigenvalue weighted by Crippen LogP contribution is -1.91. The Kier molecular flexibility index (Phi) is 3.68. The van der Waals surface area contributed by atoms with E-state index in [-0.39, 0.29) is 17.0 Å². The zero-order chi connectivity index (χ0) is 13.8. The Bertz CT molecular complexity index is 680. The molecule has 0 unspecified atom stereocenters. The van der Waals surface area contributed by atoms with Gasteiger partial charge in [-0.2, -0.15) is 5.26 Å². The van der Waals surface area contributed by atoms with Crippen molar-refractivity contribution in [3.8, 4) is 11.8 Å². The van der Waals surface area contributed by atoms with Crippen LogP contribution in [0.2, 0.25) is 0 Å². The van der Waals surface area contributed by atoms with Crippen LogP contribution in [-0.4, -0.2) is 10.0 Å². The van der Waals surface area contributed by atoms with E-state index in [0.29, 0.717) is 9.79 Å². The Balaban J connectivity index is 2.40. The Morgan fingerprint density at radius 1 is 1.26 bits per heavy atom. The van der Waals surface area contributed by atoms with Crippen molar-refractivity contribution in [3.63, 3.8) is 0 Å². The fraction of sp³-hybridized carbons (Fsp3) is 0. The van der Waals surface area contributed by atoms with E-state index < -0.39 is 4.92 Å². The van der Waals surface area contributed by atoms with Gasteiger partial charge in [0.05, 0.1) is 21.5 Å². The van der Waals surface area contributed by atoms with Gasteiger partial charge >= 0.3 is 0 Å². The molecular weight excluding hydrogens is 264 g/mol. The molecule has 0 saturated carbocycles. The van der Waals surface area contributed by atoms with Crippen molar-refractivity contribution in [2.75, 3.05) is 0 Å². The van der Waals surface area contributed by atoms with Gasteiger partial charge in [-0.1, -0.05) is 17.8 Å². The highest BCUT2D eigenvalue weighted by Gasteiger charge is 2.15. The number of nitro benzene ring substituents is 1. The number of phenolic OH excluding ortho intramolecular Hbond substituents is 1. The minimum atomic E-state index is -0.522. The third kappa shape index (κ3) is 3.03. The Morgan fingerprint density at radius 3 is 2.68 bits per heavy atom. The minimum absolute atomic E-state index is 0.0984. The summed E-state index contributed by atoms with van der Waals surface area (Å²) in [6, 6.07) is 12.6. The Hall–Kier alpha value is -2.52. The molecule has 0 fully saturated rings. The molecule has 0 aliphatic carbocycles. The highest BCUT2D eigenvalue weighted by atomic mass is 32.2. The van der Waals surface area contributed by atoms with Crippen molar-refractivity contribution in [3.05, 3.63) is 58.1 Å². The van der Waals surface area contributed by atoms with Gasteiger partial charge in [-0.05, 0) is 30.3 Å². The molecule has 1 N–H and O–H groups in total. The van der Waals surface area contributed by atoms with Crippen LogP contribution in [0, 0.1) is 21.4 Å². The molecule has 5 nitrogen and oxygen atoms in total. The van der Waals surface area contributed by atoms with E-state index in [2.05, 4.69) is 0 Å². The first-order chi connectivity index (χ1) is 9.10. The maximum absolute atomic E-state index is 11.0. The molecule has 0 aliphatic heterocycles. The number of hydrogen-bond acceptors (Lipinski definition) is 5. The number of benzene rings is 2. The van der Waals surface area contributed by atoms with E-state index in [9.17, 15) is 15.2 Å². The maximum Gasteiger partial charge on any atom is 0.284 e. The van der Waals surface area contributed by atoms with Crippen molar-refractivity contribution in [1.29, 1.82) is 5.26 Å². The van der Waals surface area contributed by atoms with Gasteiger partial charge < -0.3 is 5.11 Å². The van der Waals surface area contributed by atoms with Gasteiger partial charge in [-0.25, -0.2) is 0 Å². The monoisotopic (exact) mass is 272 g/mol. The van der Waals surface area contributed by atoms with E-state index in [0.717, 1.165) is 11.8 Å². The first-order valence-electron chi connectivity index (χ1n) is 5.25. The molecule has 2 rings (SSSR count). The van der Waals surface area contributed by atoms with Crippen LogP contribution in [-0.2, 0) is 0 Å². The Labute approximate surface area is 113 Å². The third-order valence-corrected chi connectivity index (χ3v) is 3.38. The highest BCUT2D eigenvalue weighted by Crippen LogP contribution is 2.36. The quantitative estimate of drug-likeness (QED) is 0.684. The predicted molar refractivity (Wildman–Crippen MR) is 70.0 cm³/mol. The minimum Gasteiger partial charge on any atom is -0.508 e. The normalized spacial score (nSPS) is 9.84. The molecule has 6 heteroatoms. The van der Waals surface area contributed by atoms with Crippen molar-refractivity contribution >= 4 is 17.4 Å². The van der Waals surface area contributed by atoms with Crippen molar-refractivity contribution in [2.45, 2.75) is 9.79 Å². The highest BCUT2D eigenvalue weighted by molar-refractivity contribution is 7.99. The summed E-state index contributed by atoms with van der Waals surface area (Å²) in [5, 5.41) is 29.1. The molecule has 0 aromatic heterocycles. The van der Waals surface area contributed by atoms with Gasteiger partial charge in [0.15, 0.2) is 0 Å². The molecule has 2 aromatic carbocycles. The van der Waals surface area contributed by atoms with Gasteiger partial charge in [0.2, 0.25) is 0 Å². The van der Waals surface area contributed by atoms with Crippen LogP contribution in [0.1, 0.15) is 5.56 Å². The Morgan fingerprint density at radius 2 is 2.05 bits per heavy atom. The number of nitrogens with zero attached hydrogens (tertiary/aromatic N) is 2. The summed E-state index contributed by atoms with van der Waals surface area (Å²) >= 11 is 1.16. The summed E-state index contributed by atoms with van der Waals surface area (Å²) in [4.78, 5) is 11.6. The van der Waals surface area contributed by atoms with E-state index in [1.807, 2.05) is 6.07 Å². The average Bonchev–Trinajstić information content (AvgIpc) is 2.39. The number of rotatable bonds is 3.